The zero-order valence-electron chi connectivity index (χ0n) is 16.1. The quantitative estimate of drug-likeness (QED) is 0.510. The first kappa shape index (κ1) is 20.5. The van der Waals surface area contributed by atoms with Gasteiger partial charge < -0.3 is 9.26 Å². The fourth-order valence-corrected chi connectivity index (χ4v) is 4.75. The lowest BCUT2D eigenvalue weighted by Crippen LogP contribution is -2.13. The number of ether oxygens (including phenoxy) is 1. The highest BCUT2D eigenvalue weighted by molar-refractivity contribution is 7.90. The number of rotatable bonds is 9. The Morgan fingerprint density at radius 2 is 1.93 bits per heavy atom. The summed E-state index contributed by atoms with van der Waals surface area (Å²) >= 11 is 1.41. The van der Waals surface area contributed by atoms with Gasteiger partial charge in [0.15, 0.2) is 15.7 Å². The molecule has 7 nitrogen and oxygen atoms in total. The minimum Gasteiger partial charge on any atom is -0.494 e. The first-order valence-electron chi connectivity index (χ1n) is 9.14. The van der Waals surface area contributed by atoms with Crippen LogP contribution in [0.3, 0.4) is 0 Å². The number of aromatic nitrogens is 3. The average Bonchev–Trinajstić information content (AvgIpc) is 3.32. The third-order valence-electron chi connectivity index (χ3n) is 4.16. The molecule has 1 atom stereocenters. The molecule has 0 spiro atoms. The Kier molecular flexibility index (Phi) is 6.46. The lowest BCUT2D eigenvalue weighted by molar-refractivity contribution is 0.340. The zero-order chi connectivity index (χ0) is 20.1. The van der Waals surface area contributed by atoms with Crippen molar-refractivity contribution in [3.05, 3.63) is 47.1 Å². The molecule has 28 heavy (non-hydrogen) atoms. The van der Waals surface area contributed by atoms with Crippen molar-refractivity contribution in [2.75, 3.05) is 6.61 Å². The highest BCUT2D eigenvalue weighted by Gasteiger charge is 2.29. The molecule has 0 aliphatic rings. The predicted molar refractivity (Wildman–Crippen MR) is 108 cm³/mol. The van der Waals surface area contributed by atoms with E-state index in [1.165, 1.54) is 11.3 Å². The summed E-state index contributed by atoms with van der Waals surface area (Å²) < 4.78 is 36.1. The van der Waals surface area contributed by atoms with Gasteiger partial charge in [0.2, 0.25) is 5.89 Å². The number of aryl methyl sites for hydroxylation is 1. The third kappa shape index (κ3) is 4.77. The SMILES string of the molecule is CCCc1noc(C(C)S(=O)(=O)Cc2csc(-c3ccc(OCC)cc3)n2)n1. The van der Waals surface area contributed by atoms with E-state index in [-0.39, 0.29) is 11.6 Å². The van der Waals surface area contributed by atoms with Crippen LogP contribution < -0.4 is 4.74 Å². The summed E-state index contributed by atoms with van der Waals surface area (Å²) in [5.41, 5.74) is 1.43. The Balaban J connectivity index is 1.72. The molecule has 0 amide bonds. The summed E-state index contributed by atoms with van der Waals surface area (Å²) in [6, 6.07) is 7.58. The summed E-state index contributed by atoms with van der Waals surface area (Å²) in [4.78, 5) is 8.68. The fourth-order valence-electron chi connectivity index (χ4n) is 2.61. The lowest BCUT2D eigenvalue weighted by Gasteiger charge is -2.07. The third-order valence-corrected chi connectivity index (χ3v) is 7.07. The Morgan fingerprint density at radius 3 is 2.61 bits per heavy atom. The van der Waals surface area contributed by atoms with Gasteiger partial charge in [-0.25, -0.2) is 13.4 Å². The van der Waals surface area contributed by atoms with Crippen LogP contribution in [0.5, 0.6) is 5.75 Å². The molecule has 2 heterocycles. The highest BCUT2D eigenvalue weighted by Crippen LogP contribution is 2.29. The molecule has 0 aliphatic heterocycles. The maximum Gasteiger partial charge on any atom is 0.244 e. The van der Waals surface area contributed by atoms with Crippen molar-refractivity contribution in [2.24, 2.45) is 0 Å². The lowest BCUT2D eigenvalue weighted by atomic mass is 10.2. The van der Waals surface area contributed by atoms with Crippen LogP contribution in [-0.4, -0.2) is 30.1 Å². The monoisotopic (exact) mass is 421 g/mol. The second kappa shape index (κ2) is 8.83. The van der Waals surface area contributed by atoms with Crippen LogP contribution in [0.2, 0.25) is 0 Å². The highest BCUT2D eigenvalue weighted by atomic mass is 32.2. The minimum absolute atomic E-state index is 0.130. The number of benzene rings is 1. The van der Waals surface area contributed by atoms with Crippen LogP contribution in [0.25, 0.3) is 10.6 Å². The molecule has 1 unspecified atom stereocenters. The Labute approximate surface area is 168 Å². The van der Waals surface area contributed by atoms with E-state index < -0.39 is 15.1 Å². The van der Waals surface area contributed by atoms with Gasteiger partial charge in [0.1, 0.15) is 16.0 Å². The van der Waals surface area contributed by atoms with E-state index in [9.17, 15) is 8.42 Å². The van der Waals surface area contributed by atoms with E-state index in [0.29, 0.717) is 24.5 Å². The fraction of sp³-hybridized carbons (Fsp3) is 0.421. The Morgan fingerprint density at radius 1 is 1.18 bits per heavy atom. The molecule has 2 aromatic heterocycles. The first-order valence-corrected chi connectivity index (χ1v) is 11.7. The first-order chi connectivity index (χ1) is 13.4. The average molecular weight is 422 g/mol. The van der Waals surface area contributed by atoms with Crippen molar-refractivity contribution in [1.29, 1.82) is 0 Å². The summed E-state index contributed by atoms with van der Waals surface area (Å²) in [5, 5.41) is 5.50. The Bertz CT molecular complexity index is 1010. The van der Waals surface area contributed by atoms with Gasteiger partial charge in [0.25, 0.3) is 0 Å². The minimum atomic E-state index is -3.52. The summed E-state index contributed by atoms with van der Waals surface area (Å²) in [6.07, 6.45) is 1.53. The van der Waals surface area contributed by atoms with Crippen molar-refractivity contribution in [2.45, 2.75) is 44.6 Å². The van der Waals surface area contributed by atoms with E-state index >= 15 is 0 Å². The van der Waals surface area contributed by atoms with Gasteiger partial charge >= 0.3 is 0 Å². The molecular formula is C19H23N3O4S2. The van der Waals surface area contributed by atoms with Gasteiger partial charge in [-0.3, -0.25) is 0 Å². The van der Waals surface area contributed by atoms with Gasteiger partial charge in [-0.1, -0.05) is 12.1 Å². The van der Waals surface area contributed by atoms with Crippen molar-refractivity contribution in [1.82, 2.24) is 15.1 Å². The molecule has 0 fully saturated rings. The topological polar surface area (TPSA) is 95.2 Å². The predicted octanol–water partition coefficient (Wildman–Crippen LogP) is 4.22. The number of hydrogen-bond donors (Lipinski definition) is 0. The smallest absolute Gasteiger partial charge is 0.244 e. The molecule has 0 radical (unpaired) electrons. The molecule has 9 heteroatoms. The van der Waals surface area contributed by atoms with Gasteiger partial charge in [0, 0.05) is 17.4 Å². The van der Waals surface area contributed by atoms with Crippen molar-refractivity contribution >= 4 is 21.2 Å². The molecule has 1 aromatic carbocycles. The second-order valence-electron chi connectivity index (χ2n) is 6.35. The molecule has 150 valence electrons. The normalized spacial score (nSPS) is 12.8. The number of sulfone groups is 1. The second-order valence-corrected chi connectivity index (χ2v) is 9.53. The Hall–Kier alpha value is -2.26. The van der Waals surface area contributed by atoms with E-state index in [1.807, 2.05) is 38.1 Å². The van der Waals surface area contributed by atoms with E-state index in [4.69, 9.17) is 9.26 Å². The molecular weight excluding hydrogens is 398 g/mol. The van der Waals surface area contributed by atoms with Crippen molar-refractivity contribution < 1.29 is 17.7 Å². The van der Waals surface area contributed by atoms with Crippen LogP contribution in [0.4, 0.5) is 0 Å². The van der Waals surface area contributed by atoms with Crippen molar-refractivity contribution in [3.8, 4) is 16.3 Å². The summed E-state index contributed by atoms with van der Waals surface area (Å²) in [7, 11) is -3.52. The van der Waals surface area contributed by atoms with Crippen LogP contribution in [0.15, 0.2) is 34.2 Å². The van der Waals surface area contributed by atoms with E-state index in [1.54, 1.807) is 12.3 Å². The van der Waals surface area contributed by atoms with Crippen LogP contribution in [0, 0.1) is 0 Å². The van der Waals surface area contributed by atoms with Gasteiger partial charge in [0.05, 0.1) is 18.1 Å². The van der Waals surface area contributed by atoms with Gasteiger partial charge in [-0.15, -0.1) is 11.3 Å². The summed E-state index contributed by atoms with van der Waals surface area (Å²) in [5.74, 6) is 1.28. The number of thiazole rings is 1. The van der Waals surface area contributed by atoms with Crippen molar-refractivity contribution in [3.63, 3.8) is 0 Å². The van der Waals surface area contributed by atoms with Crippen LogP contribution in [-0.2, 0) is 22.0 Å². The maximum atomic E-state index is 12.8. The van der Waals surface area contributed by atoms with E-state index in [2.05, 4.69) is 15.1 Å². The number of hydrogen-bond acceptors (Lipinski definition) is 8. The van der Waals surface area contributed by atoms with Crippen LogP contribution >= 0.6 is 11.3 Å². The molecule has 3 aromatic rings. The standard InChI is InChI=1S/C19H23N3O4S2/c1-4-6-17-21-18(26-22-17)13(3)28(23,24)12-15-11-27-19(20-15)14-7-9-16(10-8-14)25-5-2/h7-11,13H,4-6,12H2,1-3H3. The molecule has 3 rings (SSSR count). The van der Waals surface area contributed by atoms with Gasteiger partial charge in [-0.2, -0.15) is 4.98 Å². The maximum absolute atomic E-state index is 12.8. The molecule has 0 aliphatic carbocycles. The van der Waals surface area contributed by atoms with Crippen LogP contribution in [0.1, 0.15) is 49.9 Å². The largest absolute Gasteiger partial charge is 0.494 e. The number of nitrogens with zero attached hydrogens (tertiary/aromatic N) is 3. The molecule has 0 saturated carbocycles. The van der Waals surface area contributed by atoms with Gasteiger partial charge in [-0.05, 0) is 44.5 Å². The molecule has 0 N–H and O–H groups in total. The molecule has 0 bridgehead atoms. The summed E-state index contributed by atoms with van der Waals surface area (Å²) in [6.45, 7) is 6.11. The van der Waals surface area contributed by atoms with E-state index in [0.717, 1.165) is 22.7 Å². The molecule has 0 saturated heterocycles. The zero-order valence-corrected chi connectivity index (χ0v) is 17.7.